The Bertz CT molecular complexity index is 1040. The van der Waals surface area contributed by atoms with Crippen molar-refractivity contribution in [3.63, 3.8) is 0 Å². The van der Waals surface area contributed by atoms with Gasteiger partial charge in [-0.3, -0.25) is 9.59 Å². The number of carboxylic acid groups (broad SMARTS) is 1. The number of nitrogen functional groups attached to an aromatic ring is 1. The standard InChI is InChI=1S/C17H18N6O4S/c1-2-11(28-16-13-14(20-7-19-13)22-17(18)23-16)15(27)21-9-3-4-10(24)8(5-9)6-12(25)26/h3-5,7,11,24H,2,6H2,1H3,(H,21,27)(H,25,26)(H3,18,19,20,22,23)/t11-/m0/s1. The molecule has 146 valence electrons. The van der Waals surface area contributed by atoms with E-state index < -0.39 is 11.2 Å². The van der Waals surface area contributed by atoms with Crippen LogP contribution in [-0.4, -0.2) is 47.3 Å². The highest BCUT2D eigenvalue weighted by atomic mass is 32.2. The first kappa shape index (κ1) is 19.4. The smallest absolute Gasteiger partial charge is 0.307 e. The van der Waals surface area contributed by atoms with Gasteiger partial charge in [0.05, 0.1) is 18.0 Å². The van der Waals surface area contributed by atoms with Crippen LogP contribution < -0.4 is 11.1 Å². The van der Waals surface area contributed by atoms with Crippen LogP contribution in [0.2, 0.25) is 0 Å². The summed E-state index contributed by atoms with van der Waals surface area (Å²) < 4.78 is 0. The minimum atomic E-state index is -1.08. The lowest BCUT2D eigenvalue weighted by Gasteiger charge is -2.15. The Morgan fingerprint density at radius 2 is 2.14 bits per heavy atom. The number of aliphatic carboxylic acids is 1. The van der Waals surface area contributed by atoms with Gasteiger partial charge in [0.15, 0.2) is 5.65 Å². The number of benzene rings is 1. The summed E-state index contributed by atoms with van der Waals surface area (Å²) in [6, 6.07) is 4.29. The molecule has 28 heavy (non-hydrogen) atoms. The molecule has 2 aromatic heterocycles. The van der Waals surface area contributed by atoms with Gasteiger partial charge in [0, 0.05) is 11.3 Å². The maximum atomic E-state index is 12.7. The number of hydrogen-bond donors (Lipinski definition) is 5. The van der Waals surface area contributed by atoms with Gasteiger partial charge in [-0.15, -0.1) is 0 Å². The number of thioether (sulfide) groups is 1. The number of nitrogens with two attached hydrogens (primary N) is 1. The van der Waals surface area contributed by atoms with Crippen LogP contribution in [0, 0.1) is 0 Å². The molecule has 0 fully saturated rings. The van der Waals surface area contributed by atoms with Gasteiger partial charge in [0.25, 0.3) is 0 Å². The Labute approximate surface area is 163 Å². The number of amides is 1. The second-order valence-electron chi connectivity index (χ2n) is 5.91. The number of phenols is 1. The quantitative estimate of drug-likeness (QED) is 0.225. The predicted octanol–water partition coefficient (Wildman–Crippen LogP) is 1.78. The Morgan fingerprint density at radius 1 is 1.36 bits per heavy atom. The summed E-state index contributed by atoms with van der Waals surface area (Å²) in [6.45, 7) is 1.86. The largest absolute Gasteiger partial charge is 0.508 e. The molecule has 0 aliphatic carbocycles. The highest BCUT2D eigenvalue weighted by Crippen LogP contribution is 2.30. The first-order valence-electron chi connectivity index (χ1n) is 8.35. The number of aromatic amines is 1. The molecular formula is C17H18N6O4S. The lowest BCUT2D eigenvalue weighted by molar-refractivity contribution is -0.136. The molecule has 11 heteroatoms. The molecule has 3 aromatic rings. The molecule has 1 amide bonds. The average molecular weight is 402 g/mol. The summed E-state index contributed by atoms with van der Waals surface area (Å²) in [6.07, 6.45) is 1.64. The van der Waals surface area contributed by atoms with E-state index in [1.807, 2.05) is 6.92 Å². The minimum Gasteiger partial charge on any atom is -0.508 e. The monoisotopic (exact) mass is 402 g/mol. The molecule has 0 spiro atoms. The topological polar surface area (TPSA) is 167 Å². The molecule has 0 unspecified atom stereocenters. The molecule has 0 saturated heterocycles. The molecule has 0 aliphatic heterocycles. The number of aromatic nitrogens is 4. The Kier molecular flexibility index (Phi) is 5.64. The van der Waals surface area contributed by atoms with Crippen molar-refractivity contribution < 1.29 is 19.8 Å². The molecule has 0 bridgehead atoms. The molecule has 6 N–H and O–H groups in total. The zero-order chi connectivity index (χ0) is 20.3. The van der Waals surface area contributed by atoms with Crippen molar-refractivity contribution in [1.82, 2.24) is 19.9 Å². The van der Waals surface area contributed by atoms with E-state index >= 15 is 0 Å². The SMILES string of the molecule is CC[C@H](Sc1nc(N)nc2nc[nH]c12)C(=O)Nc1ccc(O)c(CC(=O)O)c1. The zero-order valence-electron chi connectivity index (χ0n) is 14.8. The lowest BCUT2D eigenvalue weighted by Crippen LogP contribution is -2.25. The van der Waals surface area contributed by atoms with E-state index in [9.17, 15) is 14.7 Å². The van der Waals surface area contributed by atoms with E-state index in [0.717, 1.165) is 0 Å². The Morgan fingerprint density at radius 3 is 2.86 bits per heavy atom. The molecule has 3 rings (SSSR count). The fourth-order valence-electron chi connectivity index (χ4n) is 2.56. The van der Waals surface area contributed by atoms with E-state index in [0.29, 0.717) is 28.3 Å². The summed E-state index contributed by atoms with van der Waals surface area (Å²) in [7, 11) is 0. The molecule has 2 heterocycles. The van der Waals surface area contributed by atoms with E-state index in [1.54, 1.807) is 0 Å². The summed E-state index contributed by atoms with van der Waals surface area (Å²) in [5.41, 5.74) is 7.34. The zero-order valence-corrected chi connectivity index (χ0v) is 15.7. The second-order valence-corrected chi connectivity index (χ2v) is 7.10. The van der Waals surface area contributed by atoms with E-state index in [2.05, 4.69) is 25.3 Å². The number of H-pyrrole nitrogens is 1. The van der Waals surface area contributed by atoms with Crippen molar-refractivity contribution in [2.45, 2.75) is 30.0 Å². The maximum absolute atomic E-state index is 12.7. The van der Waals surface area contributed by atoms with Gasteiger partial charge in [-0.05, 0) is 24.6 Å². The van der Waals surface area contributed by atoms with Crippen LogP contribution in [0.1, 0.15) is 18.9 Å². The van der Waals surface area contributed by atoms with Gasteiger partial charge in [-0.2, -0.15) is 4.98 Å². The van der Waals surface area contributed by atoms with Crippen molar-refractivity contribution in [2.24, 2.45) is 0 Å². The highest BCUT2D eigenvalue weighted by Gasteiger charge is 2.22. The van der Waals surface area contributed by atoms with Gasteiger partial charge in [0.2, 0.25) is 11.9 Å². The van der Waals surface area contributed by atoms with Crippen LogP contribution >= 0.6 is 11.8 Å². The number of rotatable bonds is 7. The Hall–Kier alpha value is -3.34. The van der Waals surface area contributed by atoms with Crippen LogP contribution in [-0.2, 0) is 16.0 Å². The summed E-state index contributed by atoms with van der Waals surface area (Å²) in [5.74, 6) is -1.44. The molecule has 1 aromatic carbocycles. The van der Waals surface area contributed by atoms with E-state index in [4.69, 9.17) is 10.8 Å². The van der Waals surface area contributed by atoms with Crippen molar-refractivity contribution >= 4 is 46.4 Å². The first-order chi connectivity index (χ1) is 13.4. The molecule has 0 aliphatic rings. The van der Waals surface area contributed by atoms with Gasteiger partial charge >= 0.3 is 5.97 Å². The number of carbonyl (C=O) groups is 2. The van der Waals surface area contributed by atoms with Crippen molar-refractivity contribution in [2.75, 3.05) is 11.1 Å². The highest BCUT2D eigenvalue weighted by molar-refractivity contribution is 8.00. The molecule has 10 nitrogen and oxygen atoms in total. The van der Waals surface area contributed by atoms with Crippen molar-refractivity contribution in [3.8, 4) is 5.75 Å². The second kappa shape index (κ2) is 8.13. The van der Waals surface area contributed by atoms with E-state index in [-0.39, 0.29) is 29.6 Å². The van der Waals surface area contributed by atoms with Crippen LogP contribution in [0.5, 0.6) is 5.75 Å². The third-order valence-electron chi connectivity index (χ3n) is 3.88. The number of hydrogen-bond acceptors (Lipinski definition) is 8. The predicted molar refractivity (Wildman–Crippen MR) is 104 cm³/mol. The number of phenolic OH excluding ortho intramolecular Hbond substituents is 1. The fraction of sp³-hybridized carbons (Fsp3) is 0.235. The van der Waals surface area contributed by atoms with Crippen LogP contribution in [0.4, 0.5) is 11.6 Å². The van der Waals surface area contributed by atoms with Crippen molar-refractivity contribution in [1.29, 1.82) is 0 Å². The van der Waals surface area contributed by atoms with E-state index in [1.165, 1.54) is 36.3 Å². The fourth-order valence-corrected chi connectivity index (χ4v) is 3.57. The molecule has 0 saturated carbocycles. The summed E-state index contributed by atoms with van der Waals surface area (Å²) >= 11 is 1.22. The number of fused-ring (bicyclic) bond motifs is 1. The number of carboxylic acids is 1. The number of anilines is 2. The number of nitrogens with one attached hydrogen (secondary N) is 2. The average Bonchev–Trinajstić information content (AvgIpc) is 3.10. The molecular weight excluding hydrogens is 384 g/mol. The third-order valence-corrected chi connectivity index (χ3v) is 5.23. The Balaban J connectivity index is 1.78. The normalized spacial score (nSPS) is 12.0. The van der Waals surface area contributed by atoms with Gasteiger partial charge in [-0.1, -0.05) is 18.7 Å². The summed E-state index contributed by atoms with van der Waals surface area (Å²) in [4.78, 5) is 38.8. The maximum Gasteiger partial charge on any atom is 0.307 e. The molecule has 0 radical (unpaired) electrons. The minimum absolute atomic E-state index is 0.0641. The summed E-state index contributed by atoms with van der Waals surface area (Å²) in [5, 5.41) is 21.4. The van der Waals surface area contributed by atoms with Gasteiger partial charge in [0.1, 0.15) is 16.3 Å². The lowest BCUT2D eigenvalue weighted by atomic mass is 10.1. The number of aromatic hydroxyl groups is 1. The number of imidazole rings is 1. The van der Waals surface area contributed by atoms with Crippen molar-refractivity contribution in [3.05, 3.63) is 30.1 Å². The van der Waals surface area contributed by atoms with Crippen LogP contribution in [0.15, 0.2) is 29.6 Å². The van der Waals surface area contributed by atoms with Crippen LogP contribution in [0.25, 0.3) is 11.2 Å². The first-order valence-corrected chi connectivity index (χ1v) is 9.23. The van der Waals surface area contributed by atoms with Crippen LogP contribution in [0.3, 0.4) is 0 Å². The number of carbonyl (C=O) groups excluding carboxylic acids is 1. The number of nitrogens with zero attached hydrogens (tertiary/aromatic N) is 3. The van der Waals surface area contributed by atoms with Gasteiger partial charge < -0.3 is 26.2 Å². The molecule has 1 atom stereocenters. The van der Waals surface area contributed by atoms with Gasteiger partial charge in [-0.25, -0.2) is 9.97 Å². The third kappa shape index (κ3) is 4.31.